The van der Waals surface area contributed by atoms with Crippen LogP contribution < -0.4 is 5.32 Å². The lowest BCUT2D eigenvalue weighted by molar-refractivity contribution is -0.140. The second-order valence-electron chi connectivity index (χ2n) is 4.58. The molecule has 1 atom stereocenters. The third-order valence-corrected chi connectivity index (χ3v) is 3.30. The largest absolute Gasteiger partial charge is 0.355 e. The smallest absolute Gasteiger partial charge is 0.242 e. The van der Waals surface area contributed by atoms with Crippen LogP contribution in [0.2, 0.25) is 5.02 Å². The average Bonchev–Trinajstić information content (AvgIpc) is 2.43. The molecule has 0 saturated carbocycles. The number of likely N-dealkylation sites (N-methyl/N-ethyl adjacent to an activating group) is 1. The molecule has 1 aromatic rings. The molecule has 0 aromatic heterocycles. The quantitative estimate of drug-likeness (QED) is 0.877. The highest BCUT2D eigenvalue weighted by molar-refractivity contribution is 6.30. The maximum Gasteiger partial charge on any atom is 0.242 e. The van der Waals surface area contributed by atoms with E-state index in [-0.39, 0.29) is 11.8 Å². The molecule has 4 nitrogen and oxygen atoms in total. The van der Waals surface area contributed by atoms with E-state index >= 15 is 0 Å². The van der Waals surface area contributed by atoms with Gasteiger partial charge in [-0.1, -0.05) is 30.7 Å². The highest BCUT2D eigenvalue weighted by Crippen LogP contribution is 2.15. The van der Waals surface area contributed by atoms with Crippen LogP contribution in [0.1, 0.15) is 32.8 Å². The van der Waals surface area contributed by atoms with Gasteiger partial charge < -0.3 is 10.2 Å². The summed E-state index contributed by atoms with van der Waals surface area (Å²) in [4.78, 5) is 25.6. The number of rotatable bonds is 6. The molecular weight excluding hydrogens is 276 g/mol. The SMILES string of the molecule is CCNC(=O)[C@@H](C)N(Cc1cccc(Cl)c1)C(=O)CC. The van der Waals surface area contributed by atoms with Crippen molar-refractivity contribution in [3.05, 3.63) is 34.9 Å². The van der Waals surface area contributed by atoms with Crippen LogP contribution in [-0.4, -0.2) is 29.3 Å². The summed E-state index contributed by atoms with van der Waals surface area (Å²) in [7, 11) is 0. The summed E-state index contributed by atoms with van der Waals surface area (Å²) in [5.41, 5.74) is 0.912. The first-order valence-corrected chi connectivity index (χ1v) is 7.19. The highest BCUT2D eigenvalue weighted by atomic mass is 35.5. The fourth-order valence-electron chi connectivity index (χ4n) is 1.94. The Labute approximate surface area is 125 Å². The maximum absolute atomic E-state index is 12.1. The Hall–Kier alpha value is -1.55. The first-order chi connectivity index (χ1) is 9.49. The molecule has 20 heavy (non-hydrogen) atoms. The van der Waals surface area contributed by atoms with Crippen molar-refractivity contribution in [1.29, 1.82) is 0 Å². The zero-order valence-electron chi connectivity index (χ0n) is 12.1. The van der Waals surface area contributed by atoms with Crippen LogP contribution in [0.3, 0.4) is 0 Å². The van der Waals surface area contributed by atoms with Crippen LogP contribution >= 0.6 is 11.6 Å². The number of hydrogen-bond acceptors (Lipinski definition) is 2. The summed E-state index contributed by atoms with van der Waals surface area (Å²) in [6.45, 7) is 6.31. The summed E-state index contributed by atoms with van der Waals surface area (Å²) >= 11 is 5.95. The number of nitrogens with one attached hydrogen (secondary N) is 1. The predicted molar refractivity (Wildman–Crippen MR) is 80.4 cm³/mol. The zero-order valence-corrected chi connectivity index (χ0v) is 12.9. The second-order valence-corrected chi connectivity index (χ2v) is 5.01. The van der Waals surface area contributed by atoms with E-state index in [0.29, 0.717) is 24.5 Å². The number of amides is 2. The fourth-order valence-corrected chi connectivity index (χ4v) is 2.15. The van der Waals surface area contributed by atoms with Crippen molar-refractivity contribution in [3.8, 4) is 0 Å². The minimum absolute atomic E-state index is 0.0521. The van der Waals surface area contributed by atoms with E-state index in [4.69, 9.17) is 11.6 Å². The monoisotopic (exact) mass is 296 g/mol. The first kappa shape index (κ1) is 16.5. The Morgan fingerprint density at radius 3 is 2.60 bits per heavy atom. The standard InChI is InChI=1S/C15H21ClN2O2/c1-4-14(19)18(11(3)15(20)17-5-2)10-12-7-6-8-13(16)9-12/h6-9,11H,4-5,10H2,1-3H3,(H,17,20)/t11-/m1/s1. The van der Waals surface area contributed by atoms with Gasteiger partial charge in [-0.15, -0.1) is 0 Å². The van der Waals surface area contributed by atoms with Crippen molar-refractivity contribution in [3.63, 3.8) is 0 Å². The average molecular weight is 297 g/mol. The number of nitrogens with zero attached hydrogens (tertiary/aromatic N) is 1. The van der Waals surface area contributed by atoms with Gasteiger partial charge in [0.15, 0.2) is 0 Å². The molecule has 2 amide bonds. The van der Waals surface area contributed by atoms with E-state index in [2.05, 4.69) is 5.32 Å². The van der Waals surface area contributed by atoms with Crippen LogP contribution in [0.5, 0.6) is 0 Å². The number of carbonyl (C=O) groups is 2. The molecule has 0 fully saturated rings. The van der Waals surface area contributed by atoms with Crippen molar-refractivity contribution in [2.75, 3.05) is 6.54 Å². The van der Waals surface area contributed by atoms with Gasteiger partial charge in [-0.3, -0.25) is 9.59 Å². The minimum Gasteiger partial charge on any atom is -0.355 e. The van der Waals surface area contributed by atoms with Crippen molar-refractivity contribution < 1.29 is 9.59 Å². The molecule has 0 unspecified atom stereocenters. The molecule has 1 aromatic carbocycles. The zero-order chi connectivity index (χ0) is 15.1. The number of hydrogen-bond donors (Lipinski definition) is 1. The second kappa shape index (κ2) is 7.90. The molecule has 0 saturated heterocycles. The van der Waals surface area contributed by atoms with Gasteiger partial charge in [0.05, 0.1) is 0 Å². The Morgan fingerprint density at radius 2 is 2.05 bits per heavy atom. The van der Waals surface area contributed by atoms with Gasteiger partial charge in [-0.25, -0.2) is 0 Å². The first-order valence-electron chi connectivity index (χ1n) is 6.81. The lowest BCUT2D eigenvalue weighted by atomic mass is 10.1. The molecule has 0 aliphatic rings. The summed E-state index contributed by atoms with van der Waals surface area (Å²) in [6.07, 6.45) is 0.365. The third kappa shape index (κ3) is 4.53. The Morgan fingerprint density at radius 1 is 1.35 bits per heavy atom. The van der Waals surface area contributed by atoms with Crippen LogP contribution in [0, 0.1) is 0 Å². The molecule has 0 aliphatic carbocycles. The summed E-state index contributed by atoms with van der Waals surface area (Å²) in [5.74, 6) is -0.194. The van der Waals surface area contributed by atoms with Crippen LogP contribution in [0.25, 0.3) is 0 Å². The predicted octanol–water partition coefficient (Wildman–Crippen LogP) is 2.60. The van der Waals surface area contributed by atoms with Gasteiger partial charge in [0.1, 0.15) is 6.04 Å². The van der Waals surface area contributed by atoms with Crippen LogP contribution in [-0.2, 0) is 16.1 Å². The van der Waals surface area contributed by atoms with Crippen molar-refractivity contribution >= 4 is 23.4 Å². The van der Waals surface area contributed by atoms with E-state index in [9.17, 15) is 9.59 Å². The van der Waals surface area contributed by atoms with Crippen molar-refractivity contribution in [2.24, 2.45) is 0 Å². The number of benzene rings is 1. The molecule has 1 rings (SSSR count). The third-order valence-electron chi connectivity index (χ3n) is 3.06. The van der Waals surface area contributed by atoms with Gasteiger partial charge in [0, 0.05) is 24.5 Å². The molecule has 0 heterocycles. The Balaban J connectivity index is 2.89. The lowest BCUT2D eigenvalue weighted by Gasteiger charge is -2.28. The summed E-state index contributed by atoms with van der Waals surface area (Å²) < 4.78 is 0. The fraction of sp³-hybridized carbons (Fsp3) is 0.467. The molecule has 5 heteroatoms. The van der Waals surface area contributed by atoms with Gasteiger partial charge >= 0.3 is 0 Å². The minimum atomic E-state index is -0.499. The van der Waals surface area contributed by atoms with Gasteiger partial charge in [-0.05, 0) is 31.5 Å². The maximum atomic E-state index is 12.1. The number of halogens is 1. The van der Waals surface area contributed by atoms with Crippen LogP contribution in [0.15, 0.2) is 24.3 Å². The van der Waals surface area contributed by atoms with Gasteiger partial charge in [0.25, 0.3) is 0 Å². The molecule has 0 aliphatic heterocycles. The molecular formula is C15H21ClN2O2. The van der Waals surface area contributed by atoms with Crippen molar-refractivity contribution in [1.82, 2.24) is 10.2 Å². The van der Waals surface area contributed by atoms with E-state index < -0.39 is 6.04 Å². The van der Waals surface area contributed by atoms with E-state index in [1.165, 1.54) is 0 Å². The molecule has 110 valence electrons. The Kier molecular flexibility index (Phi) is 6.52. The molecule has 0 radical (unpaired) electrons. The molecule has 0 spiro atoms. The van der Waals surface area contributed by atoms with E-state index in [1.807, 2.05) is 25.1 Å². The van der Waals surface area contributed by atoms with E-state index in [0.717, 1.165) is 5.56 Å². The highest BCUT2D eigenvalue weighted by Gasteiger charge is 2.24. The van der Waals surface area contributed by atoms with Gasteiger partial charge in [-0.2, -0.15) is 0 Å². The Bertz CT molecular complexity index is 477. The normalized spacial score (nSPS) is 11.8. The van der Waals surface area contributed by atoms with Crippen LogP contribution in [0.4, 0.5) is 0 Å². The lowest BCUT2D eigenvalue weighted by Crippen LogP contribution is -2.47. The summed E-state index contributed by atoms with van der Waals surface area (Å²) in [6, 6.07) is 6.82. The summed E-state index contributed by atoms with van der Waals surface area (Å²) in [5, 5.41) is 3.37. The van der Waals surface area contributed by atoms with E-state index in [1.54, 1.807) is 24.8 Å². The topological polar surface area (TPSA) is 49.4 Å². The van der Waals surface area contributed by atoms with Gasteiger partial charge in [0.2, 0.25) is 11.8 Å². The molecule has 1 N–H and O–H groups in total. The van der Waals surface area contributed by atoms with Crippen molar-refractivity contribution in [2.45, 2.75) is 39.8 Å². The number of carbonyl (C=O) groups excluding carboxylic acids is 2. The molecule has 0 bridgehead atoms.